The number of ether oxygens (including phenoxy) is 1. The van der Waals surface area contributed by atoms with Crippen molar-refractivity contribution in [2.45, 2.75) is 63.2 Å². The number of carboxylic acids is 1. The van der Waals surface area contributed by atoms with E-state index < -0.39 is 11.4 Å². The van der Waals surface area contributed by atoms with Gasteiger partial charge in [0.25, 0.3) is 0 Å². The van der Waals surface area contributed by atoms with Crippen LogP contribution in [-0.4, -0.2) is 35.2 Å². The molecule has 5 nitrogen and oxygen atoms in total. The minimum absolute atomic E-state index is 0.0992. The molecule has 0 aromatic rings. The van der Waals surface area contributed by atoms with Crippen molar-refractivity contribution in [2.24, 2.45) is 5.41 Å². The van der Waals surface area contributed by atoms with E-state index in [1.54, 1.807) is 0 Å². The third-order valence-corrected chi connectivity index (χ3v) is 4.72. The molecule has 3 unspecified atom stereocenters. The molecule has 3 atom stereocenters. The van der Waals surface area contributed by atoms with Gasteiger partial charge in [0.1, 0.15) is 0 Å². The number of hydrogen-bond donors (Lipinski definition) is 2. The van der Waals surface area contributed by atoms with Crippen LogP contribution in [0.2, 0.25) is 0 Å². The van der Waals surface area contributed by atoms with E-state index >= 15 is 0 Å². The first-order valence-corrected chi connectivity index (χ1v) is 6.77. The van der Waals surface area contributed by atoms with Gasteiger partial charge < -0.3 is 15.2 Å². The number of carbonyl (C=O) groups excluding carboxylic acids is 1. The van der Waals surface area contributed by atoms with Gasteiger partial charge in [-0.05, 0) is 32.1 Å². The number of hydrogen-bond acceptors (Lipinski definition) is 3. The second kappa shape index (κ2) is 4.23. The number of aliphatic carboxylic acids is 1. The highest BCUT2D eigenvalue weighted by Gasteiger charge is 2.47. The average molecular weight is 253 g/mol. The lowest BCUT2D eigenvalue weighted by Crippen LogP contribution is -2.47. The van der Waals surface area contributed by atoms with Gasteiger partial charge in [-0.2, -0.15) is 0 Å². The summed E-state index contributed by atoms with van der Waals surface area (Å²) < 4.78 is 5.67. The number of carbonyl (C=O) groups is 2. The molecule has 100 valence electrons. The molecular weight excluding hydrogens is 234 g/mol. The third kappa shape index (κ3) is 1.90. The maximum Gasteiger partial charge on any atom is 0.310 e. The maximum atomic E-state index is 12.0. The lowest BCUT2D eigenvalue weighted by Gasteiger charge is -2.37. The first-order valence-electron chi connectivity index (χ1n) is 6.77. The van der Waals surface area contributed by atoms with Crippen LogP contribution in [0.5, 0.6) is 0 Å². The standard InChI is InChI=1S/C13H19NO4/c15-11(7-13(12(16)17)4-1-5-13)14-9-6-8-2-3-10(9)18-8/h8-10H,1-7H2,(H,14,15)(H,16,17). The SMILES string of the molecule is O=C(CC1(C(=O)O)CCC1)NC1CC2CCC1O2. The smallest absolute Gasteiger partial charge is 0.310 e. The summed E-state index contributed by atoms with van der Waals surface area (Å²) in [6, 6.07) is 0.0992. The average Bonchev–Trinajstić information content (AvgIpc) is 2.84. The molecular formula is C13H19NO4. The molecule has 0 spiro atoms. The molecule has 0 aromatic carbocycles. The number of amides is 1. The Bertz CT molecular complexity index is 377. The third-order valence-electron chi connectivity index (χ3n) is 4.72. The minimum Gasteiger partial charge on any atom is -0.481 e. The summed E-state index contributed by atoms with van der Waals surface area (Å²) in [5.74, 6) is -0.952. The van der Waals surface area contributed by atoms with Crippen LogP contribution >= 0.6 is 0 Å². The van der Waals surface area contributed by atoms with Gasteiger partial charge in [-0.1, -0.05) is 6.42 Å². The quantitative estimate of drug-likeness (QED) is 0.785. The maximum absolute atomic E-state index is 12.0. The molecule has 5 heteroatoms. The van der Waals surface area contributed by atoms with Gasteiger partial charge >= 0.3 is 5.97 Å². The van der Waals surface area contributed by atoms with Crippen molar-refractivity contribution in [3.05, 3.63) is 0 Å². The molecule has 1 aliphatic carbocycles. The van der Waals surface area contributed by atoms with Crippen molar-refractivity contribution in [3.8, 4) is 0 Å². The summed E-state index contributed by atoms with van der Waals surface area (Å²) in [6.07, 6.45) is 5.74. The molecule has 0 radical (unpaired) electrons. The summed E-state index contributed by atoms with van der Waals surface area (Å²) in [6.45, 7) is 0. The fourth-order valence-electron chi connectivity index (χ4n) is 3.42. The molecule has 3 fully saturated rings. The van der Waals surface area contributed by atoms with E-state index in [0.29, 0.717) is 18.9 Å². The zero-order valence-corrected chi connectivity index (χ0v) is 10.4. The Labute approximate surface area is 106 Å². The molecule has 1 saturated carbocycles. The van der Waals surface area contributed by atoms with Gasteiger partial charge in [-0.15, -0.1) is 0 Å². The second-order valence-electron chi connectivity index (χ2n) is 5.90. The van der Waals surface area contributed by atoms with Crippen molar-refractivity contribution in [2.75, 3.05) is 0 Å². The van der Waals surface area contributed by atoms with Crippen molar-refractivity contribution in [1.29, 1.82) is 0 Å². The number of fused-ring (bicyclic) bond motifs is 2. The highest BCUT2D eigenvalue weighted by Crippen LogP contribution is 2.44. The fraction of sp³-hybridized carbons (Fsp3) is 0.846. The zero-order valence-electron chi connectivity index (χ0n) is 10.4. The molecule has 3 rings (SSSR count). The highest BCUT2D eigenvalue weighted by molar-refractivity contribution is 5.85. The van der Waals surface area contributed by atoms with Gasteiger partial charge in [0.05, 0.1) is 23.7 Å². The normalized spacial score (nSPS) is 36.1. The lowest BCUT2D eigenvalue weighted by atomic mass is 9.66. The summed E-state index contributed by atoms with van der Waals surface area (Å²) >= 11 is 0. The van der Waals surface area contributed by atoms with Crippen LogP contribution in [0.15, 0.2) is 0 Å². The van der Waals surface area contributed by atoms with Gasteiger partial charge in [-0.25, -0.2) is 0 Å². The van der Waals surface area contributed by atoms with Crippen LogP contribution in [0.4, 0.5) is 0 Å². The molecule has 0 aromatic heterocycles. The van der Waals surface area contributed by atoms with Crippen molar-refractivity contribution in [3.63, 3.8) is 0 Å². The number of rotatable bonds is 4. The molecule has 2 saturated heterocycles. The number of nitrogens with one attached hydrogen (secondary N) is 1. The predicted molar refractivity (Wildman–Crippen MR) is 63.0 cm³/mol. The van der Waals surface area contributed by atoms with E-state index in [4.69, 9.17) is 4.74 Å². The first kappa shape index (κ1) is 12.0. The van der Waals surface area contributed by atoms with Crippen molar-refractivity contribution < 1.29 is 19.4 Å². The van der Waals surface area contributed by atoms with Crippen LogP contribution in [0.3, 0.4) is 0 Å². The zero-order chi connectivity index (χ0) is 12.8. The molecule has 2 N–H and O–H groups in total. The van der Waals surface area contributed by atoms with Crippen molar-refractivity contribution >= 4 is 11.9 Å². The Morgan fingerprint density at radius 1 is 1.33 bits per heavy atom. The lowest BCUT2D eigenvalue weighted by molar-refractivity contribution is -0.157. The van der Waals surface area contributed by atoms with Crippen LogP contribution in [0.1, 0.15) is 44.9 Å². The molecule has 2 bridgehead atoms. The topological polar surface area (TPSA) is 75.6 Å². The molecule has 2 heterocycles. The van der Waals surface area contributed by atoms with Gasteiger partial charge in [-0.3, -0.25) is 9.59 Å². The summed E-state index contributed by atoms with van der Waals surface area (Å²) in [4.78, 5) is 23.2. The minimum atomic E-state index is -0.826. The largest absolute Gasteiger partial charge is 0.481 e. The Balaban J connectivity index is 1.54. The predicted octanol–water partition coefficient (Wildman–Crippen LogP) is 1.07. The molecule has 3 aliphatic rings. The van der Waals surface area contributed by atoms with E-state index in [-0.39, 0.29) is 24.5 Å². The molecule has 1 amide bonds. The Morgan fingerprint density at radius 3 is 2.56 bits per heavy atom. The number of carboxylic acid groups (broad SMARTS) is 1. The monoisotopic (exact) mass is 253 g/mol. The molecule has 18 heavy (non-hydrogen) atoms. The van der Waals surface area contributed by atoms with Crippen LogP contribution in [-0.2, 0) is 14.3 Å². The Kier molecular flexibility index (Phi) is 2.81. The summed E-state index contributed by atoms with van der Waals surface area (Å²) in [7, 11) is 0. The van der Waals surface area contributed by atoms with Crippen LogP contribution < -0.4 is 5.32 Å². The highest BCUT2D eigenvalue weighted by atomic mass is 16.5. The summed E-state index contributed by atoms with van der Waals surface area (Å²) in [5, 5.41) is 12.2. The van der Waals surface area contributed by atoms with E-state index in [0.717, 1.165) is 25.7 Å². The summed E-state index contributed by atoms with van der Waals surface area (Å²) in [5.41, 5.74) is -0.789. The van der Waals surface area contributed by atoms with E-state index in [1.807, 2.05) is 0 Å². The Morgan fingerprint density at radius 2 is 2.11 bits per heavy atom. The van der Waals surface area contributed by atoms with E-state index in [9.17, 15) is 14.7 Å². The van der Waals surface area contributed by atoms with Crippen LogP contribution in [0, 0.1) is 5.41 Å². The molecule has 2 aliphatic heterocycles. The van der Waals surface area contributed by atoms with E-state index in [1.165, 1.54) is 0 Å². The fourth-order valence-corrected chi connectivity index (χ4v) is 3.42. The van der Waals surface area contributed by atoms with Gasteiger partial charge in [0.2, 0.25) is 5.91 Å². The Hall–Kier alpha value is -1.10. The van der Waals surface area contributed by atoms with Gasteiger partial charge in [0, 0.05) is 6.42 Å². The van der Waals surface area contributed by atoms with Gasteiger partial charge in [0.15, 0.2) is 0 Å². The van der Waals surface area contributed by atoms with Crippen molar-refractivity contribution in [1.82, 2.24) is 5.32 Å². The first-order chi connectivity index (χ1) is 8.59. The second-order valence-corrected chi connectivity index (χ2v) is 5.90. The van der Waals surface area contributed by atoms with Crippen LogP contribution in [0.25, 0.3) is 0 Å². The van der Waals surface area contributed by atoms with E-state index in [2.05, 4.69) is 5.32 Å².